The molecule has 49 heavy (non-hydrogen) atoms. The Morgan fingerprint density at radius 3 is 2.61 bits per heavy atom. The van der Waals surface area contributed by atoms with Crippen LogP contribution in [0.15, 0.2) is 90.2 Å². The molecular weight excluding hydrogens is 610 g/mol. The summed E-state index contributed by atoms with van der Waals surface area (Å²) in [6, 6.07) is 25.6. The lowest BCUT2D eigenvalue weighted by Crippen LogP contribution is -2.30. The highest BCUT2D eigenvalue weighted by Gasteiger charge is 2.21. The van der Waals surface area contributed by atoms with Gasteiger partial charge in [-0.15, -0.1) is 0 Å². The van der Waals surface area contributed by atoms with Gasteiger partial charge in [-0.05, 0) is 109 Å². The highest BCUT2D eigenvalue weighted by atomic mass is 16.2. The SMILES string of the molecule is Cc1ccc(/C=N/NC(=O)c2cc(N3CCCCC3)ccc2NC(=O)c2cccc(CN3CCc4nc5ncccc5cc4C3)c2)cc1C. The molecule has 7 rings (SSSR count). The van der Waals surface area contributed by atoms with Crippen molar-refractivity contribution in [3.05, 3.63) is 130 Å². The Hall–Kier alpha value is -5.41. The average molecular weight is 652 g/mol. The van der Waals surface area contributed by atoms with Gasteiger partial charge in [-0.25, -0.2) is 15.4 Å². The minimum Gasteiger partial charge on any atom is -0.372 e. The Kier molecular flexibility index (Phi) is 9.43. The number of benzene rings is 3. The number of anilines is 2. The van der Waals surface area contributed by atoms with E-state index in [2.05, 4.69) is 49.7 Å². The number of amides is 2. The molecular formula is C40H41N7O2. The van der Waals surface area contributed by atoms with Crippen molar-refractivity contribution in [2.45, 2.75) is 52.6 Å². The van der Waals surface area contributed by atoms with Crippen molar-refractivity contribution < 1.29 is 9.59 Å². The van der Waals surface area contributed by atoms with Gasteiger partial charge in [-0.3, -0.25) is 14.5 Å². The Labute approximate surface area is 287 Å². The number of hydrogen-bond acceptors (Lipinski definition) is 7. The number of hydrogen-bond donors (Lipinski definition) is 2. The summed E-state index contributed by atoms with van der Waals surface area (Å²) in [6.45, 7) is 8.37. The van der Waals surface area contributed by atoms with Crippen molar-refractivity contribution in [1.29, 1.82) is 0 Å². The van der Waals surface area contributed by atoms with Crippen LogP contribution in [0.2, 0.25) is 0 Å². The molecule has 0 bridgehead atoms. The first-order valence-corrected chi connectivity index (χ1v) is 17.1. The number of aromatic nitrogens is 2. The zero-order valence-electron chi connectivity index (χ0n) is 28.1. The molecule has 9 nitrogen and oxygen atoms in total. The zero-order chi connectivity index (χ0) is 33.7. The molecule has 3 aromatic carbocycles. The second kappa shape index (κ2) is 14.4. The Bertz CT molecular complexity index is 2050. The van der Waals surface area contributed by atoms with Gasteiger partial charge in [0, 0.05) is 67.7 Å². The van der Waals surface area contributed by atoms with E-state index in [-0.39, 0.29) is 11.8 Å². The van der Waals surface area contributed by atoms with Gasteiger partial charge >= 0.3 is 0 Å². The van der Waals surface area contributed by atoms with E-state index in [9.17, 15) is 9.59 Å². The van der Waals surface area contributed by atoms with Crippen LogP contribution in [-0.2, 0) is 19.5 Å². The van der Waals surface area contributed by atoms with Crippen molar-refractivity contribution in [3.63, 3.8) is 0 Å². The van der Waals surface area contributed by atoms with Crippen LogP contribution in [-0.4, -0.2) is 52.5 Å². The first kappa shape index (κ1) is 32.2. The van der Waals surface area contributed by atoms with Gasteiger partial charge in [0.05, 0.1) is 17.5 Å². The molecule has 2 amide bonds. The minimum atomic E-state index is -0.383. The lowest BCUT2D eigenvalue weighted by Gasteiger charge is -2.29. The molecule has 0 aliphatic carbocycles. The van der Waals surface area contributed by atoms with Crippen LogP contribution in [0, 0.1) is 13.8 Å². The van der Waals surface area contributed by atoms with Gasteiger partial charge in [0.15, 0.2) is 5.65 Å². The molecule has 2 aliphatic rings. The predicted molar refractivity (Wildman–Crippen MR) is 195 cm³/mol. The van der Waals surface area contributed by atoms with Gasteiger partial charge in [0.25, 0.3) is 11.8 Å². The fourth-order valence-corrected chi connectivity index (χ4v) is 6.67. The summed E-state index contributed by atoms with van der Waals surface area (Å²) in [5, 5.41) is 8.31. The summed E-state index contributed by atoms with van der Waals surface area (Å²) in [4.78, 5) is 41.1. The van der Waals surface area contributed by atoms with Crippen LogP contribution in [0.3, 0.4) is 0 Å². The van der Waals surface area contributed by atoms with Crippen molar-refractivity contribution in [2.75, 3.05) is 29.9 Å². The third-order valence-corrected chi connectivity index (χ3v) is 9.54. The summed E-state index contributed by atoms with van der Waals surface area (Å²) in [5.74, 6) is -0.654. The van der Waals surface area contributed by atoms with Crippen molar-refractivity contribution in [1.82, 2.24) is 20.3 Å². The fourth-order valence-electron chi connectivity index (χ4n) is 6.67. The smallest absolute Gasteiger partial charge is 0.273 e. The standard InChI is InChI=1S/C40H41N7O2/c1-27-11-12-29(20-28(27)2)24-42-45-40(49)35-23-34(47-17-4-3-5-18-47)13-14-37(35)44-39(48)32-9-6-8-30(21-32)25-46-19-15-36-33(26-46)22-31-10-7-16-41-38(31)43-36/h6-14,16,20-24H,3-5,15,17-19,25-26H2,1-2H3,(H,44,48)(H,45,49)/b42-24+. The summed E-state index contributed by atoms with van der Waals surface area (Å²) in [7, 11) is 0. The van der Waals surface area contributed by atoms with Gasteiger partial charge in [0.2, 0.25) is 0 Å². The molecule has 248 valence electrons. The monoisotopic (exact) mass is 651 g/mol. The van der Waals surface area contributed by atoms with E-state index in [1.807, 2.05) is 73.7 Å². The molecule has 2 aliphatic heterocycles. The van der Waals surface area contributed by atoms with Crippen LogP contribution in [0.4, 0.5) is 11.4 Å². The third kappa shape index (κ3) is 7.52. The molecule has 0 saturated carbocycles. The zero-order valence-corrected chi connectivity index (χ0v) is 28.1. The van der Waals surface area contributed by atoms with Crippen molar-refractivity contribution >= 4 is 40.4 Å². The number of aryl methyl sites for hydroxylation is 2. The van der Waals surface area contributed by atoms with E-state index < -0.39 is 0 Å². The minimum absolute atomic E-state index is 0.271. The summed E-state index contributed by atoms with van der Waals surface area (Å²) in [6.07, 6.45) is 7.72. The molecule has 0 radical (unpaired) electrons. The summed E-state index contributed by atoms with van der Waals surface area (Å²) in [5.41, 5.74) is 12.4. The maximum absolute atomic E-state index is 13.7. The normalized spacial score (nSPS) is 14.9. The first-order valence-electron chi connectivity index (χ1n) is 17.1. The topological polar surface area (TPSA) is 103 Å². The highest BCUT2D eigenvalue weighted by molar-refractivity contribution is 6.09. The molecule has 4 heterocycles. The molecule has 2 aromatic heterocycles. The number of nitrogens with zero attached hydrogens (tertiary/aromatic N) is 5. The molecule has 0 atom stereocenters. The maximum Gasteiger partial charge on any atom is 0.273 e. The van der Waals surface area contributed by atoms with E-state index in [0.717, 1.165) is 84.5 Å². The number of hydrazone groups is 1. The quantitative estimate of drug-likeness (QED) is 0.141. The molecule has 1 saturated heterocycles. The predicted octanol–water partition coefficient (Wildman–Crippen LogP) is 6.81. The van der Waals surface area contributed by atoms with E-state index in [1.54, 1.807) is 12.4 Å². The van der Waals surface area contributed by atoms with Gasteiger partial charge in [0.1, 0.15) is 0 Å². The molecule has 2 N–H and O–H groups in total. The average Bonchev–Trinajstić information content (AvgIpc) is 3.13. The number of rotatable bonds is 8. The van der Waals surface area contributed by atoms with Gasteiger partial charge in [-0.2, -0.15) is 5.10 Å². The fraction of sp³-hybridized carbons (Fsp3) is 0.275. The third-order valence-electron chi connectivity index (χ3n) is 9.54. The van der Waals surface area contributed by atoms with E-state index >= 15 is 0 Å². The van der Waals surface area contributed by atoms with Crippen LogP contribution < -0.4 is 15.6 Å². The van der Waals surface area contributed by atoms with Gasteiger partial charge < -0.3 is 10.2 Å². The molecule has 1 fully saturated rings. The Balaban J connectivity index is 1.07. The number of pyridine rings is 2. The second-order valence-corrected chi connectivity index (χ2v) is 13.1. The Morgan fingerprint density at radius 2 is 1.76 bits per heavy atom. The summed E-state index contributed by atoms with van der Waals surface area (Å²) >= 11 is 0. The second-order valence-electron chi connectivity index (χ2n) is 13.1. The molecule has 0 spiro atoms. The summed E-state index contributed by atoms with van der Waals surface area (Å²) < 4.78 is 0. The highest BCUT2D eigenvalue weighted by Crippen LogP contribution is 2.27. The van der Waals surface area contributed by atoms with Crippen LogP contribution in [0.5, 0.6) is 0 Å². The lowest BCUT2D eigenvalue weighted by atomic mass is 10.0. The van der Waals surface area contributed by atoms with Crippen molar-refractivity contribution in [3.8, 4) is 0 Å². The molecule has 0 unspecified atom stereocenters. The maximum atomic E-state index is 13.7. The van der Waals surface area contributed by atoms with E-state index in [4.69, 9.17) is 4.98 Å². The Morgan fingerprint density at radius 1 is 0.878 bits per heavy atom. The number of nitrogens with one attached hydrogen (secondary N) is 2. The molecule has 9 heteroatoms. The van der Waals surface area contributed by atoms with E-state index in [0.29, 0.717) is 23.4 Å². The van der Waals surface area contributed by atoms with Crippen LogP contribution in [0.1, 0.15) is 73.5 Å². The first-order chi connectivity index (χ1) is 23.9. The van der Waals surface area contributed by atoms with Crippen molar-refractivity contribution in [2.24, 2.45) is 5.10 Å². The largest absolute Gasteiger partial charge is 0.372 e. The lowest BCUT2D eigenvalue weighted by molar-refractivity contribution is 0.0956. The number of piperidine rings is 1. The number of carbonyl (C=O) groups is 2. The van der Waals surface area contributed by atoms with E-state index in [1.165, 1.54) is 17.5 Å². The van der Waals surface area contributed by atoms with Crippen LogP contribution >= 0.6 is 0 Å². The number of carbonyl (C=O) groups excluding carboxylic acids is 2. The number of fused-ring (bicyclic) bond motifs is 2. The molecule has 5 aromatic rings. The van der Waals surface area contributed by atoms with Crippen LogP contribution in [0.25, 0.3) is 11.0 Å². The van der Waals surface area contributed by atoms with Gasteiger partial charge in [-0.1, -0.05) is 30.3 Å².